The lowest BCUT2D eigenvalue weighted by molar-refractivity contribution is -0.138. The summed E-state index contributed by atoms with van der Waals surface area (Å²) in [5.74, 6) is 0.0421. The van der Waals surface area contributed by atoms with Gasteiger partial charge in [-0.2, -0.15) is 26.3 Å². The number of hydrogen-bond acceptors (Lipinski definition) is 5. The number of nitrogen functional groups attached to an aromatic ring is 1. The molecular weight excluding hydrogens is 512 g/mol. The first kappa shape index (κ1) is 27.9. The predicted octanol–water partition coefficient (Wildman–Crippen LogP) is 4.92. The topological polar surface area (TPSA) is 64.8 Å². The third-order valence-electron chi connectivity index (χ3n) is 7.15. The second-order valence-corrected chi connectivity index (χ2v) is 9.72. The molecule has 2 aliphatic rings. The highest BCUT2D eigenvalue weighted by Crippen LogP contribution is 2.35. The van der Waals surface area contributed by atoms with E-state index < -0.39 is 23.5 Å². The molecule has 2 heterocycles. The van der Waals surface area contributed by atoms with Crippen LogP contribution < -0.4 is 16.0 Å². The van der Waals surface area contributed by atoms with E-state index in [4.69, 9.17) is 5.73 Å². The second-order valence-electron chi connectivity index (χ2n) is 9.72. The van der Waals surface area contributed by atoms with Gasteiger partial charge >= 0.3 is 12.4 Å². The molecule has 0 bridgehead atoms. The van der Waals surface area contributed by atoms with Crippen molar-refractivity contribution < 1.29 is 31.1 Å². The molecule has 12 heteroatoms. The number of nitrogens with two attached hydrogens (primary N) is 1. The average Bonchev–Trinajstić information content (AvgIpc) is 2.88. The quantitative estimate of drug-likeness (QED) is 0.400. The molecule has 0 radical (unpaired) electrons. The van der Waals surface area contributed by atoms with Gasteiger partial charge in [-0.05, 0) is 55.3 Å². The molecule has 0 aliphatic carbocycles. The number of nitrogens with zero attached hydrogens (tertiary/aromatic N) is 3. The van der Waals surface area contributed by atoms with Gasteiger partial charge in [-0.1, -0.05) is 0 Å². The summed E-state index contributed by atoms with van der Waals surface area (Å²) in [7, 11) is 0. The van der Waals surface area contributed by atoms with Crippen LogP contribution in [0.1, 0.15) is 30.4 Å². The number of hydrogen-bond donors (Lipinski definition) is 2. The van der Waals surface area contributed by atoms with Crippen LogP contribution in [0.25, 0.3) is 0 Å². The highest BCUT2D eigenvalue weighted by Gasteiger charge is 2.34. The molecule has 6 nitrogen and oxygen atoms in total. The van der Waals surface area contributed by atoms with Crippen LogP contribution in [-0.4, -0.2) is 67.6 Å². The molecule has 2 saturated heterocycles. The van der Waals surface area contributed by atoms with Gasteiger partial charge in [0.2, 0.25) is 5.91 Å². The summed E-state index contributed by atoms with van der Waals surface area (Å²) in [5.41, 5.74) is 4.72. The SMILES string of the molecule is Nc1ccc(NC2CCN(C(=O)CCN3CCN(c4ccc(C(F)(F)F)cc4)CC3)CC2)cc1C(F)(F)F. The summed E-state index contributed by atoms with van der Waals surface area (Å²) >= 11 is 0. The number of likely N-dealkylation sites (tertiary alicyclic amines) is 1. The molecule has 4 rings (SSSR count). The van der Waals surface area contributed by atoms with Crippen LogP contribution in [-0.2, 0) is 17.1 Å². The van der Waals surface area contributed by atoms with Gasteiger partial charge in [0, 0.05) is 75.3 Å². The number of amides is 1. The Hall–Kier alpha value is -3.15. The molecule has 2 fully saturated rings. The molecule has 2 aliphatic heterocycles. The smallest absolute Gasteiger partial charge is 0.398 e. The van der Waals surface area contributed by atoms with Crippen molar-refractivity contribution in [1.29, 1.82) is 0 Å². The maximum absolute atomic E-state index is 13.1. The number of alkyl halides is 6. The van der Waals surface area contributed by atoms with Crippen molar-refractivity contribution in [2.75, 3.05) is 61.8 Å². The zero-order valence-corrected chi connectivity index (χ0v) is 20.8. The van der Waals surface area contributed by atoms with E-state index in [0.717, 1.165) is 23.9 Å². The third-order valence-corrected chi connectivity index (χ3v) is 7.15. The first-order valence-corrected chi connectivity index (χ1v) is 12.6. The lowest BCUT2D eigenvalue weighted by atomic mass is 10.0. The average molecular weight is 544 g/mol. The van der Waals surface area contributed by atoms with E-state index in [1.54, 1.807) is 4.90 Å². The molecule has 0 atom stereocenters. The number of rotatable bonds is 6. The Kier molecular flexibility index (Phi) is 8.29. The van der Waals surface area contributed by atoms with E-state index in [-0.39, 0.29) is 17.6 Å². The first-order valence-electron chi connectivity index (χ1n) is 12.6. The van der Waals surface area contributed by atoms with Gasteiger partial charge in [0.15, 0.2) is 0 Å². The van der Waals surface area contributed by atoms with Crippen LogP contribution in [0.5, 0.6) is 0 Å². The number of piperidine rings is 1. The van der Waals surface area contributed by atoms with Crippen LogP contribution >= 0.6 is 0 Å². The molecule has 3 N–H and O–H groups in total. The highest BCUT2D eigenvalue weighted by molar-refractivity contribution is 5.76. The van der Waals surface area contributed by atoms with Crippen molar-refractivity contribution in [3.05, 3.63) is 53.6 Å². The van der Waals surface area contributed by atoms with Gasteiger partial charge in [-0.3, -0.25) is 9.69 Å². The monoisotopic (exact) mass is 543 g/mol. The Bertz CT molecular complexity index is 1090. The Morgan fingerprint density at radius 2 is 1.50 bits per heavy atom. The number of carbonyl (C=O) groups is 1. The number of piperazine rings is 1. The third kappa shape index (κ3) is 7.03. The largest absolute Gasteiger partial charge is 0.418 e. The highest BCUT2D eigenvalue weighted by atomic mass is 19.4. The molecule has 0 saturated carbocycles. The van der Waals surface area contributed by atoms with Gasteiger partial charge in [0.25, 0.3) is 0 Å². The van der Waals surface area contributed by atoms with Gasteiger partial charge in [0.05, 0.1) is 11.1 Å². The van der Waals surface area contributed by atoms with E-state index in [1.807, 2.05) is 4.90 Å². The van der Waals surface area contributed by atoms with E-state index in [9.17, 15) is 31.1 Å². The zero-order chi connectivity index (χ0) is 27.5. The number of anilines is 3. The molecule has 0 spiro atoms. The van der Waals surface area contributed by atoms with Gasteiger partial charge in [0.1, 0.15) is 0 Å². The molecule has 208 valence electrons. The van der Waals surface area contributed by atoms with Crippen LogP contribution in [0.4, 0.5) is 43.4 Å². The van der Waals surface area contributed by atoms with Crippen molar-refractivity contribution in [2.45, 2.75) is 37.7 Å². The molecule has 2 aromatic carbocycles. The lowest BCUT2D eigenvalue weighted by Crippen LogP contribution is -2.48. The Morgan fingerprint density at radius 3 is 2.08 bits per heavy atom. The van der Waals surface area contributed by atoms with Crippen molar-refractivity contribution >= 4 is 23.0 Å². The fraction of sp³-hybridized carbons (Fsp3) is 0.500. The predicted molar refractivity (Wildman–Crippen MR) is 134 cm³/mol. The summed E-state index contributed by atoms with van der Waals surface area (Å²) in [6, 6.07) is 8.91. The second kappa shape index (κ2) is 11.3. The van der Waals surface area contributed by atoms with Crippen LogP contribution in [0, 0.1) is 0 Å². The summed E-state index contributed by atoms with van der Waals surface area (Å²) in [6.45, 7) is 4.40. The summed E-state index contributed by atoms with van der Waals surface area (Å²) in [6.07, 6.45) is -7.25. The maximum atomic E-state index is 13.1. The van der Waals surface area contributed by atoms with E-state index in [0.29, 0.717) is 70.8 Å². The fourth-order valence-electron chi connectivity index (χ4n) is 4.90. The molecular formula is C26H31F6N5O. The number of benzene rings is 2. The van der Waals surface area contributed by atoms with Crippen LogP contribution in [0.3, 0.4) is 0 Å². The van der Waals surface area contributed by atoms with Crippen LogP contribution in [0.15, 0.2) is 42.5 Å². The Morgan fingerprint density at radius 1 is 0.868 bits per heavy atom. The van der Waals surface area contributed by atoms with Gasteiger partial charge < -0.3 is 20.9 Å². The minimum absolute atomic E-state index is 0.0398. The normalized spacial score (nSPS) is 18.1. The number of carbonyl (C=O) groups excluding carboxylic acids is 1. The molecule has 2 aromatic rings. The first-order chi connectivity index (χ1) is 17.9. The maximum Gasteiger partial charge on any atom is 0.418 e. The van der Waals surface area contributed by atoms with Crippen molar-refractivity contribution in [1.82, 2.24) is 9.80 Å². The Labute approximate surface area is 217 Å². The van der Waals surface area contributed by atoms with Gasteiger partial charge in [-0.25, -0.2) is 0 Å². The van der Waals surface area contributed by atoms with Crippen molar-refractivity contribution in [3.63, 3.8) is 0 Å². The minimum atomic E-state index is -4.52. The summed E-state index contributed by atoms with van der Waals surface area (Å²) in [5, 5.41) is 3.13. The van der Waals surface area contributed by atoms with Crippen molar-refractivity contribution in [2.24, 2.45) is 0 Å². The zero-order valence-electron chi connectivity index (χ0n) is 20.8. The van der Waals surface area contributed by atoms with Crippen LogP contribution in [0.2, 0.25) is 0 Å². The summed E-state index contributed by atoms with van der Waals surface area (Å²) in [4.78, 5) is 18.7. The number of halogens is 6. The Balaban J connectivity index is 1.17. The van der Waals surface area contributed by atoms with Gasteiger partial charge in [-0.15, -0.1) is 0 Å². The molecule has 0 unspecified atom stereocenters. The molecule has 38 heavy (non-hydrogen) atoms. The van der Waals surface area contributed by atoms with E-state index in [1.165, 1.54) is 24.3 Å². The van der Waals surface area contributed by atoms with E-state index >= 15 is 0 Å². The molecule has 1 amide bonds. The van der Waals surface area contributed by atoms with E-state index in [2.05, 4.69) is 10.2 Å². The summed E-state index contributed by atoms with van der Waals surface area (Å²) < 4.78 is 77.6. The standard InChI is InChI=1S/C26H31F6N5O/c27-25(28,29)18-1-4-21(5-2-18)36-15-13-35(14-16-36)10-9-24(38)37-11-7-19(8-12-37)34-20-3-6-23(33)22(17-20)26(30,31)32/h1-6,17,19,34H,7-16,33H2. The van der Waals surface area contributed by atoms with Crippen molar-refractivity contribution in [3.8, 4) is 0 Å². The minimum Gasteiger partial charge on any atom is -0.398 e. The molecule has 0 aromatic heterocycles. The lowest BCUT2D eigenvalue weighted by Gasteiger charge is -2.37. The fourth-order valence-corrected chi connectivity index (χ4v) is 4.90. The number of nitrogens with one attached hydrogen (secondary N) is 1.